The van der Waals surface area contributed by atoms with Crippen LogP contribution in [0.1, 0.15) is 37.4 Å². The minimum atomic E-state index is -3.76. The number of sulfonamides is 1. The molecule has 1 aromatic carbocycles. The van der Waals surface area contributed by atoms with E-state index in [1.807, 2.05) is 0 Å². The lowest BCUT2D eigenvalue weighted by Gasteiger charge is -2.13. The number of benzene rings is 1. The van der Waals surface area contributed by atoms with Gasteiger partial charge in [-0.3, -0.25) is 9.11 Å². The molecule has 0 saturated heterocycles. The van der Waals surface area contributed by atoms with Crippen LogP contribution in [0.25, 0.3) is 0 Å². The zero-order valence-corrected chi connectivity index (χ0v) is 17.4. The molecule has 0 fully saturated rings. The van der Waals surface area contributed by atoms with Gasteiger partial charge in [-0.2, -0.15) is 0 Å². The summed E-state index contributed by atoms with van der Waals surface area (Å²) in [6.07, 6.45) is 1.06. The van der Waals surface area contributed by atoms with Gasteiger partial charge in [0.15, 0.2) is 0 Å². The van der Waals surface area contributed by atoms with Crippen LogP contribution in [0, 0.1) is 6.92 Å². The Bertz CT molecular complexity index is 857. The van der Waals surface area contributed by atoms with Crippen molar-refractivity contribution in [2.45, 2.75) is 38.0 Å². The molecule has 154 valence electrons. The molecule has 2 aromatic rings. The predicted molar refractivity (Wildman–Crippen MR) is 109 cm³/mol. The van der Waals surface area contributed by atoms with Gasteiger partial charge in [0.05, 0.1) is 23.0 Å². The first-order valence-electron chi connectivity index (χ1n) is 9.37. The Hall–Kier alpha value is -2.19. The first kappa shape index (κ1) is 22.1. The molecule has 0 aliphatic rings. The van der Waals surface area contributed by atoms with Gasteiger partial charge in [0.1, 0.15) is 6.61 Å². The minimum Gasteiger partial charge on any atom is -0.476 e. The van der Waals surface area contributed by atoms with Crippen molar-refractivity contribution >= 4 is 15.7 Å². The lowest BCUT2D eigenvalue weighted by molar-refractivity contribution is 0.302. The molecule has 1 atom stereocenters. The highest BCUT2D eigenvalue weighted by atomic mass is 32.2. The van der Waals surface area contributed by atoms with E-state index in [4.69, 9.17) is 4.74 Å². The Morgan fingerprint density at radius 3 is 2.46 bits per heavy atom. The van der Waals surface area contributed by atoms with E-state index in [9.17, 15) is 12.8 Å². The van der Waals surface area contributed by atoms with Crippen molar-refractivity contribution in [1.82, 2.24) is 10.3 Å². The third-order valence-electron chi connectivity index (χ3n) is 4.25. The molecule has 0 aliphatic heterocycles. The maximum absolute atomic E-state index is 12.8. The number of aryl methyl sites for hydroxylation is 1. The second-order valence-corrected chi connectivity index (χ2v) is 8.29. The number of hydrogen-bond acceptors (Lipinski definition) is 5. The monoisotopic (exact) mass is 409 g/mol. The Kier molecular flexibility index (Phi) is 8.19. The summed E-state index contributed by atoms with van der Waals surface area (Å²) in [5.41, 5.74) is 1.66. The molecule has 2 N–H and O–H groups in total. The number of nitrogens with zero attached hydrogens (tertiary/aromatic N) is 1. The summed E-state index contributed by atoms with van der Waals surface area (Å²) >= 11 is 0. The Morgan fingerprint density at radius 1 is 1.14 bits per heavy atom. The number of rotatable bonds is 11. The van der Waals surface area contributed by atoms with Gasteiger partial charge in [-0.1, -0.05) is 26.0 Å². The standard InChI is InChI=1S/C20H28FN3O3S/c1-4-11-22-12-13-27-20-10-9-19(16(3)23-20)24-28(25,26)18-7-5-17(6-8-18)15(2)14-21/h5-10,15,22,24H,4,11-14H2,1-3H3/t15-/m0/s1. The topological polar surface area (TPSA) is 80.3 Å². The molecule has 8 heteroatoms. The second-order valence-electron chi connectivity index (χ2n) is 6.61. The van der Waals surface area contributed by atoms with Gasteiger partial charge < -0.3 is 10.1 Å². The van der Waals surface area contributed by atoms with Crippen molar-refractivity contribution in [2.75, 3.05) is 31.1 Å². The largest absolute Gasteiger partial charge is 0.476 e. The Morgan fingerprint density at radius 2 is 1.86 bits per heavy atom. The molecule has 2 rings (SSSR count). The van der Waals surface area contributed by atoms with Gasteiger partial charge in [-0.25, -0.2) is 13.4 Å². The van der Waals surface area contributed by atoms with E-state index in [0.717, 1.165) is 25.1 Å². The van der Waals surface area contributed by atoms with Crippen LogP contribution in [0.15, 0.2) is 41.3 Å². The quantitative estimate of drug-likeness (QED) is 0.554. The molecule has 0 saturated carbocycles. The van der Waals surface area contributed by atoms with Crippen LogP contribution in [0.4, 0.5) is 10.1 Å². The van der Waals surface area contributed by atoms with Crippen LogP contribution in [0.3, 0.4) is 0 Å². The number of hydrogen-bond donors (Lipinski definition) is 2. The third kappa shape index (κ3) is 6.17. The SMILES string of the molecule is CCCNCCOc1ccc(NS(=O)(=O)c2ccc([C@@H](C)CF)cc2)c(C)n1. The summed E-state index contributed by atoms with van der Waals surface area (Å²) in [6, 6.07) is 9.49. The van der Waals surface area contributed by atoms with Crippen molar-refractivity contribution in [2.24, 2.45) is 0 Å². The number of halogens is 1. The van der Waals surface area contributed by atoms with Gasteiger partial charge in [-0.15, -0.1) is 0 Å². The van der Waals surface area contributed by atoms with Crippen molar-refractivity contribution in [3.8, 4) is 5.88 Å². The fraction of sp³-hybridized carbons (Fsp3) is 0.450. The Labute approximate surface area is 166 Å². The molecule has 0 radical (unpaired) electrons. The van der Waals surface area contributed by atoms with Crippen molar-refractivity contribution in [1.29, 1.82) is 0 Å². The molecule has 0 spiro atoms. The van der Waals surface area contributed by atoms with Crippen LogP contribution < -0.4 is 14.8 Å². The van der Waals surface area contributed by atoms with Gasteiger partial charge in [0.2, 0.25) is 5.88 Å². The van der Waals surface area contributed by atoms with Gasteiger partial charge >= 0.3 is 0 Å². The molecule has 1 aromatic heterocycles. The summed E-state index contributed by atoms with van der Waals surface area (Å²) in [7, 11) is -3.76. The molecular weight excluding hydrogens is 381 g/mol. The first-order chi connectivity index (χ1) is 13.4. The number of aromatic nitrogens is 1. The summed E-state index contributed by atoms with van der Waals surface area (Å²) in [4.78, 5) is 4.41. The van der Waals surface area contributed by atoms with Crippen molar-refractivity contribution in [3.63, 3.8) is 0 Å². The summed E-state index contributed by atoms with van der Waals surface area (Å²) in [5, 5.41) is 3.23. The molecule has 0 aliphatic carbocycles. The van der Waals surface area contributed by atoms with E-state index in [0.29, 0.717) is 23.9 Å². The van der Waals surface area contributed by atoms with Gasteiger partial charge in [0, 0.05) is 18.5 Å². The number of alkyl halides is 1. The van der Waals surface area contributed by atoms with Crippen LogP contribution in [-0.2, 0) is 10.0 Å². The highest BCUT2D eigenvalue weighted by Gasteiger charge is 2.17. The fourth-order valence-corrected chi connectivity index (χ4v) is 3.64. The van der Waals surface area contributed by atoms with E-state index in [2.05, 4.69) is 21.9 Å². The van der Waals surface area contributed by atoms with Crippen LogP contribution in [0.2, 0.25) is 0 Å². The van der Waals surface area contributed by atoms with E-state index in [-0.39, 0.29) is 10.8 Å². The summed E-state index contributed by atoms with van der Waals surface area (Å²) in [5.74, 6) is 0.184. The Balaban J connectivity index is 2.03. The van der Waals surface area contributed by atoms with E-state index >= 15 is 0 Å². The highest BCUT2D eigenvalue weighted by molar-refractivity contribution is 7.92. The predicted octanol–water partition coefficient (Wildman–Crippen LogP) is 3.64. The second kappa shape index (κ2) is 10.4. The fourth-order valence-electron chi connectivity index (χ4n) is 2.52. The molecule has 1 heterocycles. The first-order valence-corrected chi connectivity index (χ1v) is 10.9. The molecule has 0 amide bonds. The van der Waals surface area contributed by atoms with Gasteiger partial charge in [0.25, 0.3) is 10.0 Å². The number of ether oxygens (including phenoxy) is 1. The van der Waals surface area contributed by atoms with Crippen LogP contribution in [0.5, 0.6) is 5.88 Å². The average molecular weight is 410 g/mol. The maximum Gasteiger partial charge on any atom is 0.261 e. The van der Waals surface area contributed by atoms with E-state index < -0.39 is 16.7 Å². The smallest absolute Gasteiger partial charge is 0.261 e. The van der Waals surface area contributed by atoms with E-state index in [1.165, 1.54) is 12.1 Å². The van der Waals surface area contributed by atoms with Crippen LogP contribution in [-0.4, -0.2) is 39.8 Å². The van der Waals surface area contributed by atoms with E-state index in [1.54, 1.807) is 38.1 Å². The average Bonchev–Trinajstić information content (AvgIpc) is 2.69. The number of anilines is 1. The summed E-state index contributed by atoms with van der Waals surface area (Å²) in [6.45, 7) is 7.22. The summed E-state index contributed by atoms with van der Waals surface area (Å²) < 4.78 is 46.1. The lowest BCUT2D eigenvalue weighted by Crippen LogP contribution is -2.21. The van der Waals surface area contributed by atoms with Crippen molar-refractivity contribution < 1.29 is 17.5 Å². The molecule has 0 unspecified atom stereocenters. The molecule has 6 nitrogen and oxygen atoms in total. The lowest BCUT2D eigenvalue weighted by atomic mass is 10.0. The highest BCUT2D eigenvalue weighted by Crippen LogP contribution is 2.23. The number of nitrogens with one attached hydrogen (secondary N) is 2. The zero-order chi connectivity index (χ0) is 20.6. The minimum absolute atomic E-state index is 0.115. The van der Waals surface area contributed by atoms with Crippen LogP contribution >= 0.6 is 0 Å². The van der Waals surface area contributed by atoms with Gasteiger partial charge in [-0.05, 0) is 43.7 Å². The third-order valence-corrected chi connectivity index (χ3v) is 5.63. The maximum atomic E-state index is 12.8. The zero-order valence-electron chi connectivity index (χ0n) is 16.5. The normalized spacial score (nSPS) is 12.6. The van der Waals surface area contributed by atoms with Crippen molar-refractivity contribution in [3.05, 3.63) is 47.7 Å². The molecular formula is C20H28FN3O3S. The number of pyridine rings is 1. The molecule has 28 heavy (non-hydrogen) atoms. The molecule has 0 bridgehead atoms.